The summed E-state index contributed by atoms with van der Waals surface area (Å²) in [7, 11) is 1.33. The van der Waals surface area contributed by atoms with Crippen LogP contribution in [0.3, 0.4) is 0 Å². The van der Waals surface area contributed by atoms with E-state index < -0.39 is 11.4 Å². The molecule has 0 saturated heterocycles. The maximum Gasteiger partial charge on any atom is 0.341 e. The van der Waals surface area contributed by atoms with Crippen LogP contribution in [0.1, 0.15) is 60.5 Å². The molecule has 2 aromatic carbocycles. The van der Waals surface area contributed by atoms with Crippen molar-refractivity contribution in [3.05, 3.63) is 59.2 Å². The molecule has 1 aliphatic rings. The van der Waals surface area contributed by atoms with Gasteiger partial charge in [0.2, 0.25) is 5.91 Å². The molecule has 0 bridgehead atoms. The van der Waals surface area contributed by atoms with E-state index in [2.05, 4.69) is 17.4 Å². The zero-order chi connectivity index (χ0) is 20.9. The van der Waals surface area contributed by atoms with Crippen LogP contribution in [0.15, 0.2) is 42.5 Å². The van der Waals surface area contributed by atoms with Gasteiger partial charge in [0.25, 0.3) is 0 Å². The van der Waals surface area contributed by atoms with Crippen LogP contribution in [0.4, 0.5) is 5.69 Å². The van der Waals surface area contributed by atoms with Gasteiger partial charge in [0, 0.05) is 5.69 Å². The fourth-order valence-electron chi connectivity index (χ4n) is 4.15. The van der Waals surface area contributed by atoms with Crippen molar-refractivity contribution in [1.29, 1.82) is 0 Å². The van der Waals surface area contributed by atoms with Crippen molar-refractivity contribution in [1.82, 2.24) is 0 Å². The van der Waals surface area contributed by atoms with E-state index in [-0.39, 0.29) is 5.91 Å². The lowest BCUT2D eigenvalue weighted by Crippen LogP contribution is -2.42. The standard InChI is InChI=1S/C24H29NO4/c1-4-29-21-12-11-19(16-20(21)22(26)28-3)25-23(27)24(13-6-5-7-14-24)18-10-8-9-17(2)15-18/h8-12,15-16H,4-7,13-14H2,1-3H3,(H,25,27). The van der Waals surface area contributed by atoms with E-state index in [1.165, 1.54) is 7.11 Å². The Morgan fingerprint density at radius 1 is 1.07 bits per heavy atom. The average molecular weight is 395 g/mol. The van der Waals surface area contributed by atoms with Crippen molar-refractivity contribution in [2.24, 2.45) is 0 Å². The number of esters is 1. The van der Waals surface area contributed by atoms with Gasteiger partial charge in [-0.3, -0.25) is 4.79 Å². The summed E-state index contributed by atoms with van der Waals surface area (Å²) >= 11 is 0. The number of carbonyl (C=O) groups is 2. The van der Waals surface area contributed by atoms with Crippen LogP contribution in [-0.2, 0) is 14.9 Å². The fourth-order valence-corrected chi connectivity index (χ4v) is 4.15. The maximum atomic E-state index is 13.5. The third-order valence-electron chi connectivity index (χ3n) is 5.65. The molecule has 154 valence electrons. The first-order valence-electron chi connectivity index (χ1n) is 10.2. The van der Waals surface area contributed by atoms with Gasteiger partial charge < -0.3 is 14.8 Å². The third-order valence-corrected chi connectivity index (χ3v) is 5.65. The molecule has 0 radical (unpaired) electrons. The molecule has 0 heterocycles. The largest absolute Gasteiger partial charge is 0.493 e. The van der Waals surface area contributed by atoms with E-state index in [1.54, 1.807) is 18.2 Å². The lowest BCUT2D eigenvalue weighted by Gasteiger charge is -2.36. The molecule has 5 heteroatoms. The number of rotatable bonds is 6. The molecule has 1 fully saturated rings. The van der Waals surface area contributed by atoms with Gasteiger partial charge in [-0.25, -0.2) is 4.79 Å². The Bertz CT molecular complexity index is 884. The summed E-state index contributed by atoms with van der Waals surface area (Å²) in [6.07, 6.45) is 4.85. The maximum absolute atomic E-state index is 13.5. The van der Waals surface area contributed by atoms with E-state index >= 15 is 0 Å². The number of amides is 1. The summed E-state index contributed by atoms with van der Waals surface area (Å²) in [6.45, 7) is 4.34. The number of carbonyl (C=O) groups excluding carboxylic acids is 2. The lowest BCUT2D eigenvalue weighted by atomic mass is 9.68. The second-order valence-corrected chi connectivity index (χ2v) is 7.60. The van der Waals surface area contributed by atoms with E-state index in [9.17, 15) is 9.59 Å². The minimum Gasteiger partial charge on any atom is -0.493 e. The SMILES string of the molecule is CCOc1ccc(NC(=O)C2(c3cccc(C)c3)CCCCC2)cc1C(=O)OC. The van der Waals surface area contributed by atoms with E-state index in [1.807, 2.05) is 26.0 Å². The topological polar surface area (TPSA) is 64.6 Å². The van der Waals surface area contributed by atoms with Crippen molar-refractivity contribution >= 4 is 17.6 Å². The number of hydrogen-bond donors (Lipinski definition) is 1. The van der Waals surface area contributed by atoms with Crippen LogP contribution in [0.25, 0.3) is 0 Å². The normalized spacial score (nSPS) is 15.4. The second kappa shape index (κ2) is 9.12. The smallest absolute Gasteiger partial charge is 0.341 e. The molecular weight excluding hydrogens is 366 g/mol. The molecule has 2 aromatic rings. The summed E-state index contributed by atoms with van der Waals surface area (Å²) in [6, 6.07) is 13.3. The number of methoxy groups -OCH3 is 1. The quantitative estimate of drug-likeness (QED) is 0.698. The Balaban J connectivity index is 1.93. The van der Waals surface area contributed by atoms with Crippen LogP contribution in [0, 0.1) is 6.92 Å². The molecule has 1 N–H and O–H groups in total. The molecule has 0 aromatic heterocycles. The summed E-state index contributed by atoms with van der Waals surface area (Å²) in [5.41, 5.74) is 2.54. The Hall–Kier alpha value is -2.82. The summed E-state index contributed by atoms with van der Waals surface area (Å²) in [5.74, 6) is -0.0678. The van der Waals surface area contributed by atoms with Crippen molar-refractivity contribution in [3.8, 4) is 5.75 Å². The number of nitrogens with one attached hydrogen (secondary N) is 1. The Morgan fingerprint density at radius 3 is 2.48 bits per heavy atom. The molecule has 5 nitrogen and oxygen atoms in total. The highest BCUT2D eigenvalue weighted by Gasteiger charge is 2.41. The molecule has 0 atom stereocenters. The highest BCUT2D eigenvalue weighted by molar-refractivity contribution is 6.01. The first-order valence-corrected chi connectivity index (χ1v) is 10.2. The van der Waals surface area contributed by atoms with Gasteiger partial charge in [-0.2, -0.15) is 0 Å². The highest BCUT2D eigenvalue weighted by Crippen LogP contribution is 2.41. The number of benzene rings is 2. The molecule has 3 rings (SSSR count). The van der Waals surface area contributed by atoms with Gasteiger partial charge in [0.05, 0.1) is 19.1 Å². The number of anilines is 1. The zero-order valence-electron chi connectivity index (χ0n) is 17.4. The molecule has 1 amide bonds. The van der Waals surface area contributed by atoms with E-state index in [0.717, 1.165) is 43.2 Å². The van der Waals surface area contributed by atoms with Crippen LogP contribution >= 0.6 is 0 Å². The monoisotopic (exact) mass is 395 g/mol. The van der Waals surface area contributed by atoms with Gasteiger partial charge >= 0.3 is 5.97 Å². The van der Waals surface area contributed by atoms with E-state index in [4.69, 9.17) is 9.47 Å². The summed E-state index contributed by atoms with van der Waals surface area (Å²) in [4.78, 5) is 25.7. The van der Waals surface area contributed by atoms with Crippen molar-refractivity contribution in [3.63, 3.8) is 0 Å². The number of ether oxygens (including phenoxy) is 2. The Morgan fingerprint density at radius 2 is 1.83 bits per heavy atom. The average Bonchev–Trinajstić information content (AvgIpc) is 2.74. The number of aryl methyl sites for hydroxylation is 1. The van der Waals surface area contributed by atoms with Crippen molar-refractivity contribution in [2.45, 2.75) is 51.4 Å². The van der Waals surface area contributed by atoms with Gasteiger partial charge in [-0.1, -0.05) is 49.1 Å². The molecule has 0 unspecified atom stereocenters. The predicted octanol–water partition coefficient (Wildman–Crippen LogP) is 5.02. The Kier molecular flexibility index (Phi) is 6.57. The molecule has 1 saturated carbocycles. The van der Waals surface area contributed by atoms with Gasteiger partial charge in [0.15, 0.2) is 0 Å². The third kappa shape index (κ3) is 4.44. The van der Waals surface area contributed by atoms with Crippen molar-refractivity contribution < 1.29 is 19.1 Å². The molecule has 29 heavy (non-hydrogen) atoms. The minimum atomic E-state index is -0.547. The summed E-state index contributed by atoms with van der Waals surface area (Å²) < 4.78 is 10.4. The summed E-state index contributed by atoms with van der Waals surface area (Å²) in [5, 5.41) is 3.06. The first kappa shape index (κ1) is 20.9. The zero-order valence-corrected chi connectivity index (χ0v) is 17.4. The molecular formula is C24H29NO4. The molecule has 1 aliphatic carbocycles. The second-order valence-electron chi connectivity index (χ2n) is 7.60. The fraction of sp³-hybridized carbons (Fsp3) is 0.417. The Labute approximate surface area is 172 Å². The first-order chi connectivity index (χ1) is 14.0. The minimum absolute atomic E-state index is 0.0252. The highest BCUT2D eigenvalue weighted by atomic mass is 16.5. The van der Waals surface area contributed by atoms with Gasteiger partial charge in [0.1, 0.15) is 11.3 Å². The van der Waals surface area contributed by atoms with Crippen LogP contribution in [0.5, 0.6) is 5.75 Å². The van der Waals surface area contributed by atoms with Crippen LogP contribution in [0.2, 0.25) is 0 Å². The molecule has 0 aliphatic heterocycles. The van der Waals surface area contributed by atoms with E-state index in [0.29, 0.717) is 23.6 Å². The van der Waals surface area contributed by atoms with Crippen LogP contribution < -0.4 is 10.1 Å². The van der Waals surface area contributed by atoms with Crippen molar-refractivity contribution in [2.75, 3.05) is 19.0 Å². The lowest BCUT2D eigenvalue weighted by molar-refractivity contribution is -0.122. The molecule has 0 spiro atoms. The van der Waals surface area contributed by atoms with Crippen LogP contribution in [-0.4, -0.2) is 25.6 Å². The van der Waals surface area contributed by atoms with Gasteiger partial charge in [-0.15, -0.1) is 0 Å². The predicted molar refractivity (Wildman–Crippen MR) is 114 cm³/mol. The number of hydrogen-bond acceptors (Lipinski definition) is 4. The van der Waals surface area contributed by atoms with Gasteiger partial charge in [-0.05, 0) is 50.5 Å².